The molecule has 0 fully saturated rings. The maximum Gasteiger partial charge on any atom is 0.306 e. The van der Waals surface area contributed by atoms with Crippen LogP contribution in [0.1, 0.15) is 387 Å². The van der Waals surface area contributed by atoms with Crippen molar-refractivity contribution >= 4 is 17.9 Å². The fourth-order valence-corrected chi connectivity index (χ4v) is 10.7. The highest BCUT2D eigenvalue weighted by Crippen LogP contribution is 2.19. The summed E-state index contributed by atoms with van der Waals surface area (Å²) in [4.78, 5) is 38.4. The molecule has 0 heterocycles. The number of ether oxygens (including phenoxy) is 3. The number of rotatable bonds is 65. The van der Waals surface area contributed by atoms with Crippen LogP contribution in [0.4, 0.5) is 0 Å². The summed E-state index contributed by atoms with van der Waals surface area (Å²) in [6.07, 6.45) is 83.2. The van der Waals surface area contributed by atoms with Crippen molar-refractivity contribution in [2.45, 2.75) is 393 Å². The Balaban J connectivity index is 4.17. The zero-order valence-electron chi connectivity index (χ0n) is 52.7. The van der Waals surface area contributed by atoms with Crippen LogP contribution in [0.15, 0.2) is 36.5 Å². The fraction of sp³-hybridized carbons (Fsp3) is 0.875. The molecule has 0 aromatic carbocycles. The van der Waals surface area contributed by atoms with E-state index < -0.39 is 6.10 Å². The van der Waals surface area contributed by atoms with E-state index in [1.54, 1.807) is 0 Å². The van der Waals surface area contributed by atoms with Crippen LogP contribution in [0.3, 0.4) is 0 Å². The molecule has 458 valence electrons. The smallest absolute Gasteiger partial charge is 0.306 e. The Morgan fingerprint density at radius 2 is 0.500 bits per heavy atom. The first-order valence-electron chi connectivity index (χ1n) is 35.0. The molecule has 0 radical (unpaired) electrons. The third-order valence-electron chi connectivity index (χ3n) is 15.9. The van der Waals surface area contributed by atoms with Crippen LogP contribution in [0.2, 0.25) is 0 Å². The number of unbranched alkanes of at least 4 members (excludes halogenated alkanes) is 48. The van der Waals surface area contributed by atoms with E-state index in [9.17, 15) is 14.4 Å². The molecule has 1 unspecified atom stereocenters. The van der Waals surface area contributed by atoms with Crippen molar-refractivity contribution in [3.05, 3.63) is 36.5 Å². The molecule has 1 atom stereocenters. The highest BCUT2D eigenvalue weighted by molar-refractivity contribution is 5.71. The Morgan fingerprint density at radius 1 is 0.269 bits per heavy atom. The summed E-state index contributed by atoms with van der Waals surface area (Å²) in [6, 6.07) is 0. The molecule has 6 heteroatoms. The predicted octanol–water partition coefficient (Wildman–Crippen LogP) is 23.9. The van der Waals surface area contributed by atoms with Gasteiger partial charge in [0.25, 0.3) is 0 Å². The van der Waals surface area contributed by atoms with Gasteiger partial charge in [-0.1, -0.05) is 353 Å². The number of hydrogen-bond donors (Lipinski definition) is 0. The van der Waals surface area contributed by atoms with Gasteiger partial charge < -0.3 is 14.2 Å². The minimum absolute atomic E-state index is 0.0706. The first-order valence-corrected chi connectivity index (χ1v) is 35.0. The minimum atomic E-state index is -0.775. The van der Waals surface area contributed by atoms with Gasteiger partial charge in [-0.05, 0) is 51.4 Å². The third-order valence-corrected chi connectivity index (χ3v) is 15.9. The van der Waals surface area contributed by atoms with E-state index in [0.717, 1.165) is 83.5 Å². The van der Waals surface area contributed by atoms with Crippen LogP contribution in [-0.4, -0.2) is 37.2 Å². The second-order valence-corrected chi connectivity index (χ2v) is 23.8. The predicted molar refractivity (Wildman–Crippen MR) is 339 cm³/mol. The Hall–Kier alpha value is -2.37. The van der Waals surface area contributed by atoms with Gasteiger partial charge in [-0.3, -0.25) is 14.4 Å². The third kappa shape index (κ3) is 64.5. The summed E-state index contributed by atoms with van der Waals surface area (Å²) >= 11 is 0. The zero-order chi connectivity index (χ0) is 56.4. The molecule has 0 amide bonds. The molecule has 0 aliphatic rings. The Labute approximate surface area is 486 Å². The molecule has 6 nitrogen and oxygen atoms in total. The molecule has 0 aromatic rings. The zero-order valence-corrected chi connectivity index (χ0v) is 52.7. The summed E-state index contributed by atoms with van der Waals surface area (Å²) in [7, 11) is 0. The van der Waals surface area contributed by atoms with E-state index in [2.05, 4.69) is 57.2 Å². The van der Waals surface area contributed by atoms with Gasteiger partial charge >= 0.3 is 17.9 Å². The van der Waals surface area contributed by atoms with Crippen molar-refractivity contribution in [2.75, 3.05) is 13.2 Å². The van der Waals surface area contributed by atoms with E-state index in [4.69, 9.17) is 14.2 Å². The van der Waals surface area contributed by atoms with E-state index in [1.807, 2.05) is 0 Å². The van der Waals surface area contributed by atoms with Crippen molar-refractivity contribution in [3.8, 4) is 0 Å². The molecule has 0 spiro atoms. The molecular weight excluding hydrogens is 961 g/mol. The number of carbonyl (C=O) groups is 3. The SMILES string of the molecule is CC/C=C\C/C=C\C/C=C\CCCCCCCCCC(=O)OC(COC(=O)CCCCCCCCCCCCCCCC)COC(=O)CCCCCCCCCCCCCCCCCCCCCCCCCCCCCCC. The highest BCUT2D eigenvalue weighted by atomic mass is 16.6. The molecular formula is C72H134O6. The van der Waals surface area contributed by atoms with E-state index in [0.29, 0.717) is 19.3 Å². The molecule has 0 saturated heterocycles. The minimum Gasteiger partial charge on any atom is -0.462 e. The Morgan fingerprint density at radius 3 is 0.782 bits per heavy atom. The van der Waals surface area contributed by atoms with Gasteiger partial charge in [-0.15, -0.1) is 0 Å². The second-order valence-electron chi connectivity index (χ2n) is 23.8. The molecule has 0 rings (SSSR count). The highest BCUT2D eigenvalue weighted by Gasteiger charge is 2.19. The summed E-state index contributed by atoms with van der Waals surface area (Å²) < 4.78 is 17.0. The maximum absolute atomic E-state index is 12.9. The van der Waals surface area contributed by atoms with Gasteiger partial charge in [-0.25, -0.2) is 0 Å². The van der Waals surface area contributed by atoms with E-state index in [-0.39, 0.29) is 31.1 Å². The first kappa shape index (κ1) is 75.6. The van der Waals surface area contributed by atoms with Gasteiger partial charge in [0.2, 0.25) is 0 Å². The van der Waals surface area contributed by atoms with Gasteiger partial charge in [0.1, 0.15) is 13.2 Å². The maximum atomic E-state index is 12.9. The van der Waals surface area contributed by atoms with Crippen LogP contribution >= 0.6 is 0 Å². The van der Waals surface area contributed by atoms with Crippen molar-refractivity contribution in [3.63, 3.8) is 0 Å². The quantitative estimate of drug-likeness (QED) is 0.0261. The lowest BCUT2D eigenvalue weighted by atomic mass is 10.0. The van der Waals surface area contributed by atoms with Crippen molar-refractivity contribution in [1.29, 1.82) is 0 Å². The molecule has 78 heavy (non-hydrogen) atoms. The monoisotopic (exact) mass is 1100 g/mol. The Bertz CT molecular complexity index is 1300. The lowest BCUT2D eigenvalue weighted by molar-refractivity contribution is -0.167. The van der Waals surface area contributed by atoms with Gasteiger partial charge in [0.15, 0.2) is 6.10 Å². The number of esters is 3. The van der Waals surface area contributed by atoms with Crippen LogP contribution < -0.4 is 0 Å². The molecule has 0 saturated carbocycles. The topological polar surface area (TPSA) is 78.9 Å². The van der Waals surface area contributed by atoms with Crippen molar-refractivity contribution in [2.24, 2.45) is 0 Å². The lowest BCUT2D eigenvalue weighted by Crippen LogP contribution is -2.30. The van der Waals surface area contributed by atoms with Crippen molar-refractivity contribution < 1.29 is 28.6 Å². The van der Waals surface area contributed by atoms with Crippen LogP contribution in [0, 0.1) is 0 Å². The van der Waals surface area contributed by atoms with Gasteiger partial charge in [-0.2, -0.15) is 0 Å². The molecule has 0 N–H and O–H groups in total. The average molecular weight is 1100 g/mol. The number of hydrogen-bond acceptors (Lipinski definition) is 6. The first-order chi connectivity index (χ1) is 38.5. The Kier molecular flexibility index (Phi) is 65.1. The van der Waals surface area contributed by atoms with Gasteiger partial charge in [0, 0.05) is 19.3 Å². The van der Waals surface area contributed by atoms with Gasteiger partial charge in [0.05, 0.1) is 0 Å². The fourth-order valence-electron chi connectivity index (χ4n) is 10.7. The van der Waals surface area contributed by atoms with Crippen LogP contribution in [-0.2, 0) is 28.6 Å². The lowest BCUT2D eigenvalue weighted by Gasteiger charge is -2.18. The standard InChI is InChI=1S/C72H134O6/c1-4-7-10-13-16-19-22-25-28-30-31-32-33-34-35-36-37-38-39-40-41-43-44-47-50-53-56-59-62-65-71(74)77-68-69(67-76-70(73)64-61-58-55-52-49-46-27-24-21-18-15-12-9-6-3)78-72(75)66-63-60-57-54-51-48-45-42-29-26-23-20-17-14-11-8-5-2/h8,11,17,20,26,29,69H,4-7,9-10,12-16,18-19,21-25,27-28,30-68H2,1-3H3/b11-8-,20-17-,29-26-. The summed E-state index contributed by atoms with van der Waals surface area (Å²) in [5, 5.41) is 0. The van der Waals surface area contributed by atoms with Crippen LogP contribution in [0.25, 0.3) is 0 Å². The number of carbonyl (C=O) groups excluding carboxylic acids is 3. The molecule has 0 bridgehead atoms. The van der Waals surface area contributed by atoms with Crippen LogP contribution in [0.5, 0.6) is 0 Å². The van der Waals surface area contributed by atoms with E-state index in [1.165, 1.54) is 263 Å². The average Bonchev–Trinajstić information content (AvgIpc) is 3.44. The summed E-state index contributed by atoms with van der Waals surface area (Å²) in [5.41, 5.74) is 0. The summed E-state index contributed by atoms with van der Waals surface area (Å²) in [6.45, 7) is 6.60. The molecule has 0 aliphatic carbocycles. The normalized spacial score (nSPS) is 12.2. The van der Waals surface area contributed by atoms with E-state index >= 15 is 0 Å². The number of allylic oxidation sites excluding steroid dienone is 6. The van der Waals surface area contributed by atoms with Crippen molar-refractivity contribution in [1.82, 2.24) is 0 Å². The second kappa shape index (κ2) is 67.1. The summed E-state index contributed by atoms with van der Waals surface area (Å²) in [5.74, 6) is -0.852. The largest absolute Gasteiger partial charge is 0.462 e. The molecule has 0 aromatic heterocycles. The molecule has 0 aliphatic heterocycles.